The Balaban J connectivity index is 1.87. The summed E-state index contributed by atoms with van der Waals surface area (Å²) in [4.78, 5) is 14.1. The Kier molecular flexibility index (Phi) is 5.07. The molecule has 4 heteroatoms. The number of hydrogen-bond donors (Lipinski definition) is 0. The second kappa shape index (κ2) is 6.59. The van der Waals surface area contributed by atoms with Gasteiger partial charge in [-0.3, -0.25) is 4.79 Å². The number of halogens is 1. The molecule has 2 atom stereocenters. The summed E-state index contributed by atoms with van der Waals surface area (Å²) in [5, 5.41) is 0. The van der Waals surface area contributed by atoms with Crippen LogP contribution in [0.5, 0.6) is 5.75 Å². The van der Waals surface area contributed by atoms with Gasteiger partial charge >= 0.3 is 0 Å². The predicted octanol–water partition coefficient (Wildman–Crippen LogP) is 3.17. The van der Waals surface area contributed by atoms with Crippen LogP contribution in [-0.2, 0) is 4.79 Å². The minimum absolute atomic E-state index is 0.0947. The van der Waals surface area contributed by atoms with Crippen LogP contribution < -0.4 is 4.74 Å². The van der Waals surface area contributed by atoms with Crippen molar-refractivity contribution in [3.05, 3.63) is 27.8 Å². The monoisotopic (exact) mass is 373 g/mol. The van der Waals surface area contributed by atoms with Gasteiger partial charge in [0.15, 0.2) is 6.61 Å². The summed E-state index contributed by atoms with van der Waals surface area (Å²) >= 11 is 2.24. The van der Waals surface area contributed by atoms with Crippen molar-refractivity contribution in [3.8, 4) is 5.75 Å². The molecule has 0 aromatic heterocycles. The molecule has 0 aliphatic carbocycles. The Bertz CT molecular complexity index is 440. The van der Waals surface area contributed by atoms with Gasteiger partial charge in [-0.15, -0.1) is 0 Å². The van der Waals surface area contributed by atoms with Crippen molar-refractivity contribution in [2.75, 3.05) is 19.7 Å². The average Bonchev–Trinajstić information content (AvgIpc) is 2.35. The van der Waals surface area contributed by atoms with Gasteiger partial charge < -0.3 is 9.64 Å². The third-order valence-corrected chi connectivity index (χ3v) is 4.05. The molecule has 2 unspecified atom stereocenters. The molecule has 1 fully saturated rings. The van der Waals surface area contributed by atoms with Crippen LogP contribution in [0.25, 0.3) is 0 Å². The second-order valence-electron chi connectivity index (χ2n) is 5.49. The highest BCUT2D eigenvalue weighted by atomic mass is 127. The molecular formula is C15H20INO2. The maximum Gasteiger partial charge on any atom is 0.260 e. The van der Waals surface area contributed by atoms with Crippen molar-refractivity contribution < 1.29 is 9.53 Å². The first-order valence-corrected chi connectivity index (χ1v) is 7.78. The van der Waals surface area contributed by atoms with Crippen LogP contribution in [0.3, 0.4) is 0 Å². The lowest BCUT2D eigenvalue weighted by molar-refractivity contribution is -0.136. The normalized spacial score (nSPS) is 23.2. The first-order valence-electron chi connectivity index (χ1n) is 6.70. The van der Waals surface area contributed by atoms with Crippen molar-refractivity contribution in [2.45, 2.75) is 20.3 Å². The summed E-state index contributed by atoms with van der Waals surface area (Å²) in [5.41, 5.74) is 0. The molecule has 3 nitrogen and oxygen atoms in total. The summed E-state index contributed by atoms with van der Waals surface area (Å²) < 4.78 is 6.69. The molecule has 1 amide bonds. The van der Waals surface area contributed by atoms with Gasteiger partial charge in [0.05, 0.1) is 0 Å². The van der Waals surface area contributed by atoms with Gasteiger partial charge in [0.2, 0.25) is 0 Å². The van der Waals surface area contributed by atoms with E-state index in [1.165, 1.54) is 6.42 Å². The number of amides is 1. The molecule has 1 saturated heterocycles. The Labute approximate surface area is 128 Å². The number of piperidine rings is 1. The number of carbonyl (C=O) groups is 1. The predicted molar refractivity (Wildman–Crippen MR) is 84.2 cm³/mol. The summed E-state index contributed by atoms with van der Waals surface area (Å²) in [5.74, 6) is 2.03. The van der Waals surface area contributed by atoms with E-state index in [0.717, 1.165) is 22.4 Å². The molecule has 1 aromatic rings. The highest BCUT2D eigenvalue weighted by Crippen LogP contribution is 2.21. The van der Waals surface area contributed by atoms with Crippen molar-refractivity contribution in [3.63, 3.8) is 0 Å². The molecule has 0 saturated carbocycles. The van der Waals surface area contributed by atoms with E-state index in [4.69, 9.17) is 4.74 Å². The number of ether oxygens (including phenoxy) is 1. The van der Waals surface area contributed by atoms with Crippen LogP contribution in [0.1, 0.15) is 20.3 Å². The third kappa shape index (κ3) is 4.37. The molecule has 0 radical (unpaired) electrons. The summed E-state index contributed by atoms with van der Waals surface area (Å²) in [7, 11) is 0. The first kappa shape index (κ1) is 14.6. The van der Waals surface area contributed by atoms with Crippen molar-refractivity contribution in [2.24, 2.45) is 11.8 Å². The quantitative estimate of drug-likeness (QED) is 0.762. The van der Waals surface area contributed by atoms with E-state index in [9.17, 15) is 4.79 Å². The van der Waals surface area contributed by atoms with E-state index in [0.29, 0.717) is 11.8 Å². The Morgan fingerprint density at radius 2 is 2.05 bits per heavy atom. The first-order chi connectivity index (χ1) is 9.04. The minimum Gasteiger partial charge on any atom is -0.484 e. The maximum atomic E-state index is 12.1. The average molecular weight is 373 g/mol. The molecular weight excluding hydrogens is 353 g/mol. The zero-order chi connectivity index (χ0) is 13.8. The van der Waals surface area contributed by atoms with Gasteiger partial charge in [0, 0.05) is 16.7 Å². The molecule has 0 spiro atoms. The Morgan fingerprint density at radius 3 is 2.68 bits per heavy atom. The number of nitrogens with zero attached hydrogens (tertiary/aromatic N) is 1. The van der Waals surface area contributed by atoms with Gasteiger partial charge in [-0.25, -0.2) is 0 Å². The van der Waals surface area contributed by atoms with Crippen LogP contribution in [-0.4, -0.2) is 30.5 Å². The molecule has 104 valence electrons. The van der Waals surface area contributed by atoms with Gasteiger partial charge in [0.25, 0.3) is 5.91 Å². The molecule has 19 heavy (non-hydrogen) atoms. The van der Waals surface area contributed by atoms with E-state index in [1.807, 2.05) is 29.2 Å². The zero-order valence-electron chi connectivity index (χ0n) is 11.4. The number of hydrogen-bond acceptors (Lipinski definition) is 2. The smallest absolute Gasteiger partial charge is 0.260 e. The van der Waals surface area contributed by atoms with Gasteiger partial charge in [0.1, 0.15) is 5.75 Å². The highest BCUT2D eigenvalue weighted by molar-refractivity contribution is 14.1. The molecule has 1 heterocycles. The third-order valence-electron chi connectivity index (χ3n) is 3.38. The fourth-order valence-electron chi connectivity index (χ4n) is 2.66. The molecule has 1 aliphatic rings. The SMILES string of the molecule is CC1CC(C)CN(C(=O)COc2cccc(I)c2)C1. The van der Waals surface area contributed by atoms with E-state index < -0.39 is 0 Å². The van der Waals surface area contributed by atoms with Crippen LogP contribution in [0.2, 0.25) is 0 Å². The molecule has 0 N–H and O–H groups in total. The van der Waals surface area contributed by atoms with E-state index >= 15 is 0 Å². The lowest BCUT2D eigenvalue weighted by atomic mass is 9.92. The fraction of sp³-hybridized carbons (Fsp3) is 0.533. The summed E-state index contributed by atoms with van der Waals surface area (Å²) in [6.45, 7) is 6.27. The Morgan fingerprint density at radius 1 is 1.37 bits per heavy atom. The van der Waals surface area contributed by atoms with Crippen molar-refractivity contribution in [1.82, 2.24) is 4.90 Å². The minimum atomic E-state index is 0.0947. The van der Waals surface area contributed by atoms with Crippen molar-refractivity contribution >= 4 is 28.5 Å². The van der Waals surface area contributed by atoms with Crippen LogP contribution in [0.15, 0.2) is 24.3 Å². The number of carbonyl (C=O) groups excluding carboxylic acids is 1. The maximum absolute atomic E-state index is 12.1. The fourth-order valence-corrected chi connectivity index (χ4v) is 3.17. The number of benzene rings is 1. The summed E-state index contributed by atoms with van der Waals surface area (Å²) in [6, 6.07) is 7.77. The summed E-state index contributed by atoms with van der Waals surface area (Å²) in [6.07, 6.45) is 1.21. The highest BCUT2D eigenvalue weighted by Gasteiger charge is 2.25. The zero-order valence-corrected chi connectivity index (χ0v) is 13.6. The topological polar surface area (TPSA) is 29.5 Å². The molecule has 1 aromatic carbocycles. The molecule has 0 bridgehead atoms. The number of likely N-dealkylation sites (tertiary alicyclic amines) is 1. The van der Waals surface area contributed by atoms with E-state index in [2.05, 4.69) is 36.4 Å². The van der Waals surface area contributed by atoms with E-state index in [-0.39, 0.29) is 12.5 Å². The molecule has 2 rings (SSSR count). The molecule has 1 aliphatic heterocycles. The van der Waals surface area contributed by atoms with Crippen LogP contribution >= 0.6 is 22.6 Å². The lowest BCUT2D eigenvalue weighted by Gasteiger charge is -2.34. The Hall–Kier alpha value is -0.780. The van der Waals surface area contributed by atoms with Gasteiger partial charge in [-0.05, 0) is 59.0 Å². The largest absolute Gasteiger partial charge is 0.484 e. The van der Waals surface area contributed by atoms with Crippen molar-refractivity contribution in [1.29, 1.82) is 0 Å². The standard InChI is InChI=1S/C15H20INO2/c1-11-6-12(2)9-17(8-11)15(18)10-19-14-5-3-4-13(16)7-14/h3-5,7,11-12H,6,8-10H2,1-2H3. The number of rotatable bonds is 3. The van der Waals surface area contributed by atoms with E-state index in [1.54, 1.807) is 0 Å². The lowest BCUT2D eigenvalue weighted by Crippen LogP contribution is -2.44. The second-order valence-corrected chi connectivity index (χ2v) is 6.74. The van der Waals surface area contributed by atoms with Gasteiger partial charge in [-0.1, -0.05) is 19.9 Å². The van der Waals surface area contributed by atoms with Gasteiger partial charge in [-0.2, -0.15) is 0 Å². The van der Waals surface area contributed by atoms with Crippen LogP contribution in [0.4, 0.5) is 0 Å². The van der Waals surface area contributed by atoms with Crippen LogP contribution in [0, 0.1) is 15.4 Å².